The first-order chi connectivity index (χ1) is 10.1. The van der Waals surface area contributed by atoms with E-state index < -0.39 is 6.04 Å². The van der Waals surface area contributed by atoms with Gasteiger partial charge < -0.3 is 11.1 Å². The Bertz CT molecular complexity index is 613. The smallest absolute Gasteiger partial charge is 0.241 e. The summed E-state index contributed by atoms with van der Waals surface area (Å²) in [6.07, 6.45) is 1.43. The van der Waals surface area contributed by atoms with Crippen molar-refractivity contribution in [3.8, 4) is 0 Å². The van der Waals surface area contributed by atoms with E-state index in [1.807, 2.05) is 55.5 Å². The Morgan fingerprint density at radius 2 is 1.95 bits per heavy atom. The van der Waals surface area contributed by atoms with Crippen molar-refractivity contribution in [2.45, 2.75) is 25.8 Å². The fourth-order valence-electron chi connectivity index (χ4n) is 2.09. The van der Waals surface area contributed by atoms with Gasteiger partial charge in [-0.05, 0) is 49.1 Å². The molecule has 0 aliphatic heterocycles. The fraction of sp³-hybridized carbons (Fsp3) is 0.235. The van der Waals surface area contributed by atoms with E-state index in [2.05, 4.69) is 21.2 Å². The standard InChI is InChI=1S/C17H19BrN2O/c1-12-11-14(18)8-10-16(12)20-17(21)15(19)9-7-13-5-3-2-4-6-13/h2-6,8,10-11,15H,7,9,19H2,1H3,(H,20,21). The van der Waals surface area contributed by atoms with Crippen LogP contribution in [0, 0.1) is 6.92 Å². The van der Waals surface area contributed by atoms with E-state index in [0.717, 1.165) is 22.1 Å². The van der Waals surface area contributed by atoms with Gasteiger partial charge in [-0.25, -0.2) is 0 Å². The number of halogens is 1. The lowest BCUT2D eigenvalue weighted by Crippen LogP contribution is -2.36. The van der Waals surface area contributed by atoms with Crippen molar-refractivity contribution in [1.29, 1.82) is 0 Å². The topological polar surface area (TPSA) is 55.1 Å². The number of carbonyl (C=O) groups is 1. The SMILES string of the molecule is Cc1cc(Br)ccc1NC(=O)C(N)CCc1ccccc1. The summed E-state index contributed by atoms with van der Waals surface area (Å²) >= 11 is 3.40. The molecule has 1 atom stereocenters. The normalized spacial score (nSPS) is 12.0. The molecule has 3 N–H and O–H groups in total. The number of hydrogen-bond donors (Lipinski definition) is 2. The molecular weight excluding hydrogens is 328 g/mol. The minimum Gasteiger partial charge on any atom is -0.324 e. The van der Waals surface area contributed by atoms with Crippen LogP contribution in [0.25, 0.3) is 0 Å². The van der Waals surface area contributed by atoms with Gasteiger partial charge in [-0.15, -0.1) is 0 Å². The average Bonchev–Trinajstić information content (AvgIpc) is 2.48. The molecule has 2 rings (SSSR count). The highest BCUT2D eigenvalue weighted by molar-refractivity contribution is 9.10. The first-order valence-electron chi connectivity index (χ1n) is 6.93. The van der Waals surface area contributed by atoms with E-state index >= 15 is 0 Å². The van der Waals surface area contributed by atoms with E-state index in [0.29, 0.717) is 6.42 Å². The van der Waals surface area contributed by atoms with Gasteiger partial charge in [0.25, 0.3) is 0 Å². The summed E-state index contributed by atoms with van der Waals surface area (Å²) in [7, 11) is 0. The predicted octanol–water partition coefficient (Wildman–Crippen LogP) is 3.66. The predicted molar refractivity (Wildman–Crippen MR) is 90.2 cm³/mol. The van der Waals surface area contributed by atoms with Crippen LogP contribution in [0.1, 0.15) is 17.5 Å². The number of amides is 1. The van der Waals surface area contributed by atoms with Crippen LogP contribution in [0.4, 0.5) is 5.69 Å². The third-order valence-electron chi connectivity index (χ3n) is 3.37. The van der Waals surface area contributed by atoms with Crippen molar-refractivity contribution < 1.29 is 4.79 Å². The maximum Gasteiger partial charge on any atom is 0.241 e. The van der Waals surface area contributed by atoms with Gasteiger partial charge in [0.15, 0.2) is 0 Å². The number of rotatable bonds is 5. The van der Waals surface area contributed by atoms with Crippen molar-refractivity contribution in [1.82, 2.24) is 0 Å². The summed E-state index contributed by atoms with van der Waals surface area (Å²) in [5.41, 5.74) is 8.98. The number of aryl methyl sites for hydroxylation is 2. The summed E-state index contributed by atoms with van der Waals surface area (Å²) in [5, 5.41) is 2.89. The maximum absolute atomic E-state index is 12.1. The minimum atomic E-state index is -0.506. The molecule has 3 nitrogen and oxygen atoms in total. The molecule has 2 aromatic rings. The van der Waals surface area contributed by atoms with Crippen LogP contribution < -0.4 is 11.1 Å². The Hall–Kier alpha value is -1.65. The number of hydrogen-bond acceptors (Lipinski definition) is 2. The van der Waals surface area contributed by atoms with Gasteiger partial charge in [0.2, 0.25) is 5.91 Å². The van der Waals surface area contributed by atoms with Gasteiger partial charge in [-0.3, -0.25) is 4.79 Å². The summed E-state index contributed by atoms with van der Waals surface area (Å²) in [6.45, 7) is 1.95. The molecule has 0 aromatic heterocycles. The van der Waals surface area contributed by atoms with E-state index in [9.17, 15) is 4.79 Å². The van der Waals surface area contributed by atoms with Gasteiger partial charge in [-0.1, -0.05) is 46.3 Å². The molecule has 0 fully saturated rings. The third kappa shape index (κ3) is 4.69. The monoisotopic (exact) mass is 346 g/mol. The molecule has 0 aliphatic carbocycles. The quantitative estimate of drug-likeness (QED) is 0.867. The molecule has 0 heterocycles. The van der Waals surface area contributed by atoms with Crippen LogP contribution in [-0.2, 0) is 11.2 Å². The Kier molecular flexibility index (Phi) is 5.53. The van der Waals surface area contributed by atoms with Crippen LogP contribution in [-0.4, -0.2) is 11.9 Å². The molecule has 1 amide bonds. The number of nitrogens with one attached hydrogen (secondary N) is 1. The molecule has 0 saturated carbocycles. The number of anilines is 1. The first kappa shape index (κ1) is 15.7. The molecule has 0 spiro atoms. The van der Waals surface area contributed by atoms with Crippen molar-refractivity contribution >= 4 is 27.5 Å². The highest BCUT2D eigenvalue weighted by atomic mass is 79.9. The summed E-state index contributed by atoms with van der Waals surface area (Å²) in [6, 6.07) is 15.3. The zero-order chi connectivity index (χ0) is 15.2. The van der Waals surface area contributed by atoms with E-state index in [1.54, 1.807) is 0 Å². The van der Waals surface area contributed by atoms with Gasteiger partial charge in [0.05, 0.1) is 6.04 Å². The Morgan fingerprint density at radius 3 is 2.62 bits per heavy atom. The summed E-state index contributed by atoms with van der Waals surface area (Å²) in [5.74, 6) is -0.142. The lowest BCUT2D eigenvalue weighted by molar-refractivity contribution is -0.117. The zero-order valence-electron chi connectivity index (χ0n) is 12.0. The fourth-order valence-corrected chi connectivity index (χ4v) is 2.57. The van der Waals surface area contributed by atoms with Crippen LogP contribution in [0.3, 0.4) is 0 Å². The number of benzene rings is 2. The van der Waals surface area contributed by atoms with Crippen LogP contribution >= 0.6 is 15.9 Å². The molecule has 1 unspecified atom stereocenters. The Labute approximate surface area is 133 Å². The first-order valence-corrected chi connectivity index (χ1v) is 7.72. The molecule has 2 aromatic carbocycles. The highest BCUT2D eigenvalue weighted by Crippen LogP contribution is 2.20. The summed E-state index contributed by atoms with van der Waals surface area (Å²) in [4.78, 5) is 12.1. The van der Waals surface area contributed by atoms with Crippen LogP contribution in [0.15, 0.2) is 53.0 Å². The van der Waals surface area contributed by atoms with Gasteiger partial charge in [0.1, 0.15) is 0 Å². The molecule has 0 saturated heterocycles. The second kappa shape index (κ2) is 7.38. The van der Waals surface area contributed by atoms with Crippen molar-refractivity contribution in [2.24, 2.45) is 5.73 Å². The van der Waals surface area contributed by atoms with Crippen molar-refractivity contribution in [3.63, 3.8) is 0 Å². The minimum absolute atomic E-state index is 0.142. The Morgan fingerprint density at radius 1 is 1.24 bits per heavy atom. The molecule has 4 heteroatoms. The van der Waals surface area contributed by atoms with E-state index in [4.69, 9.17) is 5.73 Å². The summed E-state index contributed by atoms with van der Waals surface area (Å²) < 4.78 is 0.992. The van der Waals surface area contributed by atoms with Crippen LogP contribution in [0.5, 0.6) is 0 Å². The lowest BCUT2D eigenvalue weighted by atomic mass is 10.1. The van der Waals surface area contributed by atoms with Crippen LogP contribution in [0.2, 0.25) is 0 Å². The lowest BCUT2D eigenvalue weighted by Gasteiger charge is -2.14. The molecule has 0 radical (unpaired) electrons. The van der Waals surface area contributed by atoms with E-state index in [1.165, 1.54) is 5.56 Å². The van der Waals surface area contributed by atoms with Gasteiger partial charge in [-0.2, -0.15) is 0 Å². The third-order valence-corrected chi connectivity index (χ3v) is 3.86. The van der Waals surface area contributed by atoms with Crippen molar-refractivity contribution in [3.05, 3.63) is 64.1 Å². The molecule has 0 bridgehead atoms. The second-order valence-electron chi connectivity index (χ2n) is 5.08. The number of carbonyl (C=O) groups excluding carboxylic acids is 1. The van der Waals surface area contributed by atoms with Gasteiger partial charge >= 0.3 is 0 Å². The average molecular weight is 347 g/mol. The molecule has 110 valence electrons. The molecular formula is C17H19BrN2O. The van der Waals surface area contributed by atoms with Crippen molar-refractivity contribution in [2.75, 3.05) is 5.32 Å². The Balaban J connectivity index is 1.90. The highest BCUT2D eigenvalue weighted by Gasteiger charge is 2.14. The molecule has 0 aliphatic rings. The van der Waals surface area contributed by atoms with E-state index in [-0.39, 0.29) is 5.91 Å². The largest absolute Gasteiger partial charge is 0.324 e. The van der Waals surface area contributed by atoms with Gasteiger partial charge in [0, 0.05) is 10.2 Å². The zero-order valence-corrected chi connectivity index (χ0v) is 13.6. The maximum atomic E-state index is 12.1. The molecule has 21 heavy (non-hydrogen) atoms. The number of nitrogens with two attached hydrogens (primary N) is 1. The second-order valence-corrected chi connectivity index (χ2v) is 5.99.